The summed E-state index contributed by atoms with van der Waals surface area (Å²) in [5.41, 5.74) is 0.0869. The molecule has 21 heavy (non-hydrogen) atoms. The molecule has 2 aromatic rings. The molecule has 0 aromatic heterocycles. The molecule has 0 unspecified atom stereocenters. The van der Waals surface area contributed by atoms with Crippen LogP contribution in [0, 0.1) is 0 Å². The molecule has 112 valence electrons. The molecule has 0 amide bonds. The van der Waals surface area contributed by atoms with Crippen LogP contribution in [0.2, 0.25) is 0 Å². The SMILES string of the molecule is OCc1c(OCC2(O)CCCCC2)ccc2ccccc12. The predicted octanol–water partition coefficient (Wildman–Crippen LogP) is 3.41. The monoisotopic (exact) mass is 286 g/mol. The molecule has 0 bridgehead atoms. The van der Waals surface area contributed by atoms with Gasteiger partial charge < -0.3 is 14.9 Å². The number of ether oxygens (including phenoxy) is 1. The predicted molar refractivity (Wildman–Crippen MR) is 83.4 cm³/mol. The highest BCUT2D eigenvalue weighted by molar-refractivity contribution is 5.87. The van der Waals surface area contributed by atoms with Crippen LogP contribution in [0.15, 0.2) is 36.4 Å². The van der Waals surface area contributed by atoms with Gasteiger partial charge in [0.15, 0.2) is 0 Å². The molecular weight excluding hydrogens is 264 g/mol. The number of rotatable bonds is 4. The van der Waals surface area contributed by atoms with E-state index in [1.165, 1.54) is 6.42 Å². The third-order valence-corrected chi connectivity index (χ3v) is 4.44. The standard InChI is InChI=1S/C18H22O3/c19-12-16-15-7-3-2-6-14(15)8-9-17(16)21-13-18(20)10-4-1-5-11-18/h2-3,6-9,19-20H,1,4-5,10-13H2. The van der Waals surface area contributed by atoms with Crippen LogP contribution in [-0.4, -0.2) is 22.4 Å². The molecule has 0 heterocycles. The van der Waals surface area contributed by atoms with Crippen molar-refractivity contribution < 1.29 is 14.9 Å². The zero-order valence-electron chi connectivity index (χ0n) is 12.2. The summed E-state index contributed by atoms with van der Waals surface area (Å²) in [4.78, 5) is 0. The van der Waals surface area contributed by atoms with Gasteiger partial charge in [0.05, 0.1) is 12.2 Å². The van der Waals surface area contributed by atoms with Gasteiger partial charge in [-0.25, -0.2) is 0 Å². The van der Waals surface area contributed by atoms with Crippen molar-refractivity contribution in [2.45, 2.75) is 44.3 Å². The van der Waals surface area contributed by atoms with E-state index < -0.39 is 5.60 Å². The first-order valence-corrected chi connectivity index (χ1v) is 7.68. The smallest absolute Gasteiger partial charge is 0.125 e. The first kappa shape index (κ1) is 14.4. The van der Waals surface area contributed by atoms with Crippen molar-refractivity contribution in [1.29, 1.82) is 0 Å². The van der Waals surface area contributed by atoms with Crippen LogP contribution in [0.4, 0.5) is 0 Å². The third-order valence-electron chi connectivity index (χ3n) is 4.44. The number of fused-ring (bicyclic) bond motifs is 1. The molecule has 3 nitrogen and oxygen atoms in total. The van der Waals surface area contributed by atoms with E-state index in [4.69, 9.17) is 4.74 Å². The summed E-state index contributed by atoms with van der Waals surface area (Å²) in [5.74, 6) is 0.676. The molecule has 1 aliphatic carbocycles. The van der Waals surface area contributed by atoms with Gasteiger partial charge in [-0.1, -0.05) is 49.6 Å². The molecule has 0 aliphatic heterocycles. The van der Waals surface area contributed by atoms with Gasteiger partial charge in [-0.3, -0.25) is 0 Å². The summed E-state index contributed by atoms with van der Waals surface area (Å²) >= 11 is 0. The Hall–Kier alpha value is -1.58. The van der Waals surface area contributed by atoms with Crippen molar-refractivity contribution >= 4 is 10.8 Å². The van der Waals surface area contributed by atoms with Crippen LogP contribution in [0.1, 0.15) is 37.7 Å². The minimum Gasteiger partial charge on any atom is -0.490 e. The number of aliphatic hydroxyl groups excluding tert-OH is 1. The lowest BCUT2D eigenvalue weighted by Gasteiger charge is -2.32. The molecule has 0 atom stereocenters. The number of aliphatic hydroxyl groups is 2. The van der Waals surface area contributed by atoms with Gasteiger partial charge in [-0.05, 0) is 29.7 Å². The van der Waals surface area contributed by atoms with Crippen LogP contribution < -0.4 is 4.74 Å². The zero-order chi connectivity index (χ0) is 14.7. The Morgan fingerprint density at radius 1 is 1.00 bits per heavy atom. The number of hydrogen-bond donors (Lipinski definition) is 2. The summed E-state index contributed by atoms with van der Waals surface area (Å²) in [7, 11) is 0. The Kier molecular flexibility index (Phi) is 4.13. The maximum Gasteiger partial charge on any atom is 0.125 e. The van der Waals surface area contributed by atoms with Gasteiger partial charge in [-0.15, -0.1) is 0 Å². The van der Waals surface area contributed by atoms with Crippen molar-refractivity contribution in [3.63, 3.8) is 0 Å². The second kappa shape index (κ2) is 6.04. The van der Waals surface area contributed by atoms with Crippen LogP contribution in [0.3, 0.4) is 0 Å². The Morgan fingerprint density at radius 3 is 2.52 bits per heavy atom. The molecule has 0 saturated heterocycles. The van der Waals surface area contributed by atoms with Gasteiger partial charge in [0.2, 0.25) is 0 Å². The van der Waals surface area contributed by atoms with Crippen molar-refractivity contribution in [3.05, 3.63) is 42.0 Å². The normalized spacial score (nSPS) is 17.8. The zero-order valence-corrected chi connectivity index (χ0v) is 12.2. The van der Waals surface area contributed by atoms with Crippen LogP contribution in [0.25, 0.3) is 10.8 Å². The lowest BCUT2D eigenvalue weighted by atomic mass is 9.85. The van der Waals surface area contributed by atoms with E-state index in [1.807, 2.05) is 36.4 Å². The van der Waals surface area contributed by atoms with E-state index in [-0.39, 0.29) is 6.61 Å². The van der Waals surface area contributed by atoms with Crippen LogP contribution in [-0.2, 0) is 6.61 Å². The molecule has 3 rings (SSSR count). The highest BCUT2D eigenvalue weighted by Crippen LogP contribution is 2.32. The van der Waals surface area contributed by atoms with Gasteiger partial charge in [0.1, 0.15) is 12.4 Å². The summed E-state index contributed by atoms with van der Waals surface area (Å²) in [5, 5.41) is 22.3. The summed E-state index contributed by atoms with van der Waals surface area (Å²) < 4.78 is 5.87. The van der Waals surface area contributed by atoms with Gasteiger partial charge in [-0.2, -0.15) is 0 Å². The minimum absolute atomic E-state index is 0.0604. The fourth-order valence-electron chi connectivity index (χ4n) is 3.18. The second-order valence-corrected chi connectivity index (χ2v) is 6.00. The molecule has 0 radical (unpaired) electrons. The quantitative estimate of drug-likeness (QED) is 0.905. The Balaban J connectivity index is 1.83. The topological polar surface area (TPSA) is 49.7 Å². The van der Waals surface area contributed by atoms with Gasteiger partial charge in [0, 0.05) is 5.56 Å². The summed E-state index contributed by atoms with van der Waals surface area (Å²) in [6.45, 7) is 0.244. The first-order chi connectivity index (χ1) is 10.2. The fourth-order valence-corrected chi connectivity index (χ4v) is 3.18. The van der Waals surface area contributed by atoms with Crippen LogP contribution >= 0.6 is 0 Å². The molecule has 1 fully saturated rings. The van der Waals surface area contributed by atoms with Crippen molar-refractivity contribution in [2.75, 3.05) is 6.61 Å². The average molecular weight is 286 g/mol. The van der Waals surface area contributed by atoms with Crippen LogP contribution in [0.5, 0.6) is 5.75 Å². The highest BCUT2D eigenvalue weighted by atomic mass is 16.5. The number of hydrogen-bond acceptors (Lipinski definition) is 3. The molecular formula is C18H22O3. The molecule has 1 aliphatic rings. The van der Waals surface area contributed by atoms with E-state index >= 15 is 0 Å². The first-order valence-electron chi connectivity index (χ1n) is 7.68. The van der Waals surface area contributed by atoms with E-state index in [9.17, 15) is 10.2 Å². The third kappa shape index (κ3) is 3.04. The Labute approximate surface area is 125 Å². The van der Waals surface area contributed by atoms with E-state index in [2.05, 4.69) is 0 Å². The van der Waals surface area contributed by atoms with Crippen molar-refractivity contribution in [2.24, 2.45) is 0 Å². The largest absolute Gasteiger partial charge is 0.490 e. The maximum absolute atomic E-state index is 10.5. The Bertz CT molecular complexity index is 615. The van der Waals surface area contributed by atoms with E-state index in [0.717, 1.165) is 42.0 Å². The lowest BCUT2D eigenvalue weighted by molar-refractivity contribution is -0.0342. The minimum atomic E-state index is -0.712. The molecule has 0 spiro atoms. The number of benzene rings is 2. The lowest BCUT2D eigenvalue weighted by Crippen LogP contribution is -2.38. The Morgan fingerprint density at radius 2 is 1.76 bits per heavy atom. The van der Waals surface area contributed by atoms with Gasteiger partial charge in [0.25, 0.3) is 0 Å². The molecule has 1 saturated carbocycles. The van der Waals surface area contributed by atoms with Crippen molar-refractivity contribution in [1.82, 2.24) is 0 Å². The maximum atomic E-state index is 10.5. The van der Waals surface area contributed by atoms with Crippen molar-refractivity contribution in [3.8, 4) is 5.75 Å². The summed E-state index contributed by atoms with van der Waals surface area (Å²) in [6.07, 6.45) is 4.92. The van der Waals surface area contributed by atoms with Gasteiger partial charge >= 0.3 is 0 Å². The van der Waals surface area contributed by atoms with E-state index in [0.29, 0.717) is 12.4 Å². The fraction of sp³-hybridized carbons (Fsp3) is 0.444. The highest BCUT2D eigenvalue weighted by Gasteiger charge is 2.30. The van der Waals surface area contributed by atoms with E-state index in [1.54, 1.807) is 0 Å². The molecule has 2 N–H and O–H groups in total. The summed E-state index contributed by atoms with van der Waals surface area (Å²) in [6, 6.07) is 11.8. The second-order valence-electron chi connectivity index (χ2n) is 6.00. The average Bonchev–Trinajstić information content (AvgIpc) is 2.53. The molecule has 3 heteroatoms. The molecule has 2 aromatic carbocycles.